The summed E-state index contributed by atoms with van der Waals surface area (Å²) in [5.74, 6) is -0.261. The molecule has 0 saturated heterocycles. The van der Waals surface area contributed by atoms with E-state index in [1.54, 1.807) is 6.07 Å². The Morgan fingerprint density at radius 1 is 0.917 bits per heavy atom. The molecule has 0 heterocycles. The molecule has 1 aromatic carbocycles. The summed E-state index contributed by atoms with van der Waals surface area (Å²) in [6.07, 6.45) is 10.7. The van der Waals surface area contributed by atoms with Gasteiger partial charge in [-0.25, -0.2) is 8.42 Å². The third-order valence-corrected chi connectivity index (χ3v) is 4.86. The van der Waals surface area contributed by atoms with Crippen LogP contribution in [-0.2, 0) is 10.1 Å². The van der Waals surface area contributed by atoms with E-state index in [0.717, 1.165) is 19.3 Å². The van der Waals surface area contributed by atoms with Crippen LogP contribution in [0.3, 0.4) is 0 Å². The average molecular weight is 362 g/mol. The smallest absolute Gasteiger partial charge is 0.744 e. The third kappa shape index (κ3) is 9.33. The summed E-state index contributed by atoms with van der Waals surface area (Å²) in [6, 6.07) is 5.66. The van der Waals surface area contributed by atoms with Gasteiger partial charge in [0.1, 0.15) is 10.1 Å². The predicted molar refractivity (Wildman–Crippen MR) is 90.6 cm³/mol. The number of carbonyl (C=O) groups excluding carboxylic acids is 1. The molecule has 24 heavy (non-hydrogen) atoms. The Balaban J connectivity index is 0.00000529. The molecule has 1 aromatic rings. The van der Waals surface area contributed by atoms with Crippen LogP contribution in [0.15, 0.2) is 29.2 Å². The third-order valence-electron chi connectivity index (χ3n) is 3.96. The topological polar surface area (TPSA) is 74.3 Å². The maximum absolute atomic E-state index is 12.1. The van der Waals surface area contributed by atoms with Crippen molar-refractivity contribution in [3.8, 4) is 0 Å². The van der Waals surface area contributed by atoms with E-state index < -0.39 is 15.0 Å². The maximum atomic E-state index is 12.1. The molecule has 6 heteroatoms. The molecule has 0 amide bonds. The monoisotopic (exact) mass is 362 g/mol. The molecule has 0 atom stereocenters. The van der Waals surface area contributed by atoms with Crippen molar-refractivity contribution in [3.63, 3.8) is 0 Å². The van der Waals surface area contributed by atoms with E-state index in [1.807, 2.05) is 0 Å². The molecular formula is C18H27NaO4S. The molecule has 0 aliphatic rings. The normalized spacial score (nSPS) is 11.1. The van der Waals surface area contributed by atoms with Crippen molar-refractivity contribution in [2.45, 2.75) is 76.0 Å². The summed E-state index contributed by atoms with van der Waals surface area (Å²) in [5.41, 5.74) is 0.0297. The number of carbonyl (C=O) groups is 1. The zero-order chi connectivity index (χ0) is 17.1. The van der Waals surface area contributed by atoms with Crippen LogP contribution in [0, 0.1) is 0 Å². The summed E-state index contributed by atoms with van der Waals surface area (Å²) in [4.78, 5) is 11.7. The second-order valence-corrected chi connectivity index (χ2v) is 7.30. The first-order valence-corrected chi connectivity index (χ1v) is 9.95. The van der Waals surface area contributed by atoms with Crippen LogP contribution < -0.4 is 29.6 Å². The second kappa shape index (κ2) is 13.1. The van der Waals surface area contributed by atoms with Crippen LogP contribution in [0.1, 0.15) is 81.5 Å². The molecule has 0 bridgehead atoms. The Labute approximate surface area is 168 Å². The molecule has 0 unspecified atom stereocenters. The quantitative estimate of drug-likeness (QED) is 0.245. The molecule has 4 nitrogen and oxygen atoms in total. The Morgan fingerprint density at radius 3 is 1.96 bits per heavy atom. The van der Waals surface area contributed by atoms with Gasteiger partial charge in [-0.2, -0.15) is 0 Å². The van der Waals surface area contributed by atoms with Crippen LogP contribution in [-0.4, -0.2) is 18.8 Å². The van der Waals surface area contributed by atoms with Crippen LogP contribution in [0.2, 0.25) is 0 Å². The number of benzene rings is 1. The largest absolute Gasteiger partial charge is 1.00 e. The number of unbranched alkanes of at least 4 members (excludes halogenated alkanes) is 8. The Bertz CT molecular complexity index is 584. The zero-order valence-electron chi connectivity index (χ0n) is 14.9. The summed E-state index contributed by atoms with van der Waals surface area (Å²) in [5, 5.41) is 0. The van der Waals surface area contributed by atoms with Crippen molar-refractivity contribution < 1.29 is 47.3 Å². The van der Waals surface area contributed by atoms with Gasteiger partial charge in [-0.3, -0.25) is 4.79 Å². The predicted octanol–water partition coefficient (Wildman–Crippen LogP) is 1.70. The minimum Gasteiger partial charge on any atom is -0.744 e. The molecule has 0 aliphatic carbocycles. The van der Waals surface area contributed by atoms with Crippen LogP contribution >= 0.6 is 0 Å². The van der Waals surface area contributed by atoms with Crippen molar-refractivity contribution in [2.75, 3.05) is 0 Å². The molecule has 0 N–H and O–H groups in total. The first-order valence-electron chi connectivity index (χ1n) is 8.55. The van der Waals surface area contributed by atoms with E-state index in [0.29, 0.717) is 6.42 Å². The molecule has 0 spiro atoms. The number of hydrogen-bond donors (Lipinski definition) is 0. The molecule has 0 fully saturated rings. The van der Waals surface area contributed by atoms with Crippen LogP contribution in [0.5, 0.6) is 0 Å². The van der Waals surface area contributed by atoms with E-state index in [1.165, 1.54) is 56.7 Å². The average Bonchev–Trinajstić information content (AvgIpc) is 2.52. The first kappa shape index (κ1) is 23.8. The fourth-order valence-corrected chi connectivity index (χ4v) is 3.34. The summed E-state index contributed by atoms with van der Waals surface area (Å²) in [7, 11) is -4.60. The van der Waals surface area contributed by atoms with Crippen molar-refractivity contribution in [3.05, 3.63) is 29.8 Å². The molecule has 0 radical (unpaired) electrons. The minimum atomic E-state index is -4.60. The minimum absolute atomic E-state index is 0. The standard InChI is InChI=1S/C18H28O4S.Na/c1-2-3-4-5-6-7-8-9-10-14-17(19)16-13-11-12-15-18(16)23(20,21)22;/h11-13,15H,2-10,14H2,1H3,(H,20,21,22);/q;+1/p-1. The van der Waals surface area contributed by atoms with Crippen molar-refractivity contribution in [1.29, 1.82) is 0 Å². The van der Waals surface area contributed by atoms with Crippen LogP contribution in [0.4, 0.5) is 0 Å². The number of hydrogen-bond acceptors (Lipinski definition) is 4. The summed E-state index contributed by atoms with van der Waals surface area (Å²) in [6.45, 7) is 2.20. The van der Waals surface area contributed by atoms with Gasteiger partial charge in [-0.1, -0.05) is 76.5 Å². The van der Waals surface area contributed by atoms with Gasteiger partial charge >= 0.3 is 29.6 Å². The molecule has 0 aliphatic heterocycles. The van der Waals surface area contributed by atoms with Gasteiger partial charge in [0, 0.05) is 12.0 Å². The Morgan fingerprint density at radius 2 is 1.42 bits per heavy atom. The molecule has 0 aromatic heterocycles. The van der Waals surface area contributed by atoms with Gasteiger partial charge in [-0.15, -0.1) is 0 Å². The summed E-state index contributed by atoms with van der Waals surface area (Å²) >= 11 is 0. The Kier molecular flexibility index (Phi) is 13.0. The van der Waals surface area contributed by atoms with Gasteiger partial charge in [0.05, 0.1) is 4.90 Å². The van der Waals surface area contributed by atoms with E-state index in [9.17, 15) is 17.8 Å². The van der Waals surface area contributed by atoms with Gasteiger partial charge in [-0.05, 0) is 12.5 Å². The fraction of sp³-hybridized carbons (Fsp3) is 0.611. The SMILES string of the molecule is CCCCCCCCCCCC(=O)c1ccccc1S(=O)(=O)[O-].[Na+]. The molecular weight excluding hydrogens is 335 g/mol. The number of ketones is 1. The van der Waals surface area contributed by atoms with Gasteiger partial charge in [0.25, 0.3) is 0 Å². The first-order chi connectivity index (χ1) is 11.0. The van der Waals surface area contributed by atoms with E-state index in [-0.39, 0.29) is 40.9 Å². The summed E-state index contributed by atoms with van der Waals surface area (Å²) < 4.78 is 33.5. The molecule has 130 valence electrons. The van der Waals surface area contributed by atoms with E-state index >= 15 is 0 Å². The van der Waals surface area contributed by atoms with E-state index in [2.05, 4.69) is 6.92 Å². The molecule has 1 rings (SSSR count). The van der Waals surface area contributed by atoms with Crippen LogP contribution in [0.25, 0.3) is 0 Å². The zero-order valence-corrected chi connectivity index (χ0v) is 17.7. The maximum Gasteiger partial charge on any atom is 1.00 e. The molecule has 0 saturated carbocycles. The number of rotatable bonds is 12. The fourth-order valence-electron chi connectivity index (χ4n) is 2.65. The Hall–Kier alpha value is -0.200. The van der Waals surface area contributed by atoms with E-state index in [4.69, 9.17) is 0 Å². The van der Waals surface area contributed by atoms with Gasteiger partial charge in [0.2, 0.25) is 0 Å². The van der Waals surface area contributed by atoms with Gasteiger partial charge in [0.15, 0.2) is 5.78 Å². The number of Topliss-reactive ketones (excluding diaryl/α,β-unsaturated/α-hetero) is 1. The second-order valence-electron chi connectivity index (χ2n) is 5.95. The van der Waals surface area contributed by atoms with Crippen molar-refractivity contribution >= 4 is 15.9 Å². The van der Waals surface area contributed by atoms with Gasteiger partial charge < -0.3 is 4.55 Å². The van der Waals surface area contributed by atoms with Crippen molar-refractivity contribution in [1.82, 2.24) is 0 Å². The van der Waals surface area contributed by atoms with Crippen molar-refractivity contribution in [2.24, 2.45) is 0 Å².